The average molecular weight is 257 g/mol. The van der Waals surface area contributed by atoms with Crippen LogP contribution in [-0.4, -0.2) is 46.0 Å². The number of halogens is 1. The first-order chi connectivity index (χ1) is 8.24. The second kappa shape index (κ2) is 5.97. The van der Waals surface area contributed by atoms with Gasteiger partial charge in [-0.25, -0.2) is 0 Å². The minimum atomic E-state index is 0.123. The number of aromatic nitrogens is 3. The van der Waals surface area contributed by atoms with Crippen molar-refractivity contribution in [2.24, 2.45) is 0 Å². The summed E-state index contributed by atoms with van der Waals surface area (Å²) < 4.78 is 0. The lowest BCUT2D eigenvalue weighted by atomic mass is 10.1. The van der Waals surface area contributed by atoms with E-state index < -0.39 is 0 Å². The zero-order valence-electron chi connectivity index (χ0n) is 9.69. The molecule has 0 bridgehead atoms. The first kappa shape index (κ1) is 12.3. The minimum absolute atomic E-state index is 0.123. The summed E-state index contributed by atoms with van der Waals surface area (Å²) in [7, 11) is 0. The first-order valence-electron chi connectivity index (χ1n) is 5.87. The van der Waals surface area contributed by atoms with Crippen LogP contribution in [0.4, 0.5) is 11.9 Å². The Kier molecular flexibility index (Phi) is 4.33. The fraction of sp³-hybridized carbons (Fsp3) is 0.700. The lowest BCUT2D eigenvalue weighted by molar-refractivity contribution is 0.237. The van der Waals surface area contributed by atoms with Crippen molar-refractivity contribution in [2.45, 2.75) is 19.3 Å². The van der Waals surface area contributed by atoms with Gasteiger partial charge in [-0.1, -0.05) is 6.42 Å². The van der Waals surface area contributed by atoms with Crippen molar-refractivity contribution in [3.05, 3.63) is 5.28 Å². The number of rotatable bonds is 4. The maximum absolute atomic E-state index is 5.69. The molecule has 7 heteroatoms. The number of likely N-dealkylation sites (tertiary alicyclic amines) is 1. The molecular formula is C10H17ClN6. The van der Waals surface area contributed by atoms with E-state index in [2.05, 4.69) is 25.2 Å². The lowest BCUT2D eigenvalue weighted by Gasteiger charge is -2.26. The molecule has 1 aliphatic heterocycles. The molecule has 1 aromatic rings. The van der Waals surface area contributed by atoms with Gasteiger partial charge in [0.1, 0.15) is 0 Å². The van der Waals surface area contributed by atoms with Crippen molar-refractivity contribution in [3.63, 3.8) is 0 Å². The van der Waals surface area contributed by atoms with E-state index in [1.165, 1.54) is 32.4 Å². The highest BCUT2D eigenvalue weighted by Crippen LogP contribution is 2.09. The van der Waals surface area contributed by atoms with E-state index in [4.69, 9.17) is 17.3 Å². The van der Waals surface area contributed by atoms with Gasteiger partial charge in [-0.3, -0.25) is 0 Å². The molecule has 0 aromatic carbocycles. The van der Waals surface area contributed by atoms with Crippen molar-refractivity contribution in [2.75, 3.05) is 37.2 Å². The summed E-state index contributed by atoms with van der Waals surface area (Å²) in [5, 5.41) is 3.23. The molecule has 0 amide bonds. The van der Waals surface area contributed by atoms with Crippen molar-refractivity contribution in [1.82, 2.24) is 19.9 Å². The van der Waals surface area contributed by atoms with Gasteiger partial charge in [-0.2, -0.15) is 15.0 Å². The second-order valence-corrected chi connectivity index (χ2v) is 4.45. The van der Waals surface area contributed by atoms with Gasteiger partial charge in [-0.05, 0) is 37.5 Å². The third-order valence-electron chi connectivity index (χ3n) is 2.79. The van der Waals surface area contributed by atoms with Gasteiger partial charge in [0.2, 0.25) is 17.2 Å². The van der Waals surface area contributed by atoms with Gasteiger partial charge >= 0.3 is 0 Å². The Balaban J connectivity index is 1.77. The third kappa shape index (κ3) is 3.98. The molecule has 2 heterocycles. The number of nitrogens with zero attached hydrogens (tertiary/aromatic N) is 4. The highest BCUT2D eigenvalue weighted by Gasteiger charge is 2.09. The summed E-state index contributed by atoms with van der Waals surface area (Å²) in [5.41, 5.74) is 5.48. The van der Waals surface area contributed by atoms with Crippen LogP contribution in [0.25, 0.3) is 0 Å². The average Bonchev–Trinajstić information content (AvgIpc) is 2.29. The van der Waals surface area contributed by atoms with Crippen LogP contribution < -0.4 is 11.1 Å². The molecule has 1 aliphatic rings. The molecule has 1 saturated heterocycles. The normalized spacial score (nSPS) is 17.0. The van der Waals surface area contributed by atoms with Gasteiger partial charge in [-0.15, -0.1) is 0 Å². The first-order valence-corrected chi connectivity index (χ1v) is 6.25. The molecule has 0 saturated carbocycles. The minimum Gasteiger partial charge on any atom is -0.368 e. The second-order valence-electron chi connectivity index (χ2n) is 4.12. The predicted molar refractivity (Wildman–Crippen MR) is 68.0 cm³/mol. The monoisotopic (exact) mass is 256 g/mol. The van der Waals surface area contributed by atoms with Crippen LogP contribution in [0.3, 0.4) is 0 Å². The van der Waals surface area contributed by atoms with Gasteiger partial charge in [0.25, 0.3) is 0 Å². The Morgan fingerprint density at radius 3 is 2.65 bits per heavy atom. The van der Waals surface area contributed by atoms with E-state index in [-0.39, 0.29) is 11.2 Å². The quantitative estimate of drug-likeness (QED) is 0.837. The standard InChI is InChI=1S/C10H17ClN6/c11-8-14-9(12)16-10(15-8)13-4-7-17-5-2-1-3-6-17/h1-7H2,(H3,12,13,14,15,16). The molecule has 17 heavy (non-hydrogen) atoms. The highest BCUT2D eigenvalue weighted by molar-refractivity contribution is 6.28. The zero-order chi connectivity index (χ0) is 12.1. The molecule has 0 aliphatic carbocycles. The van der Waals surface area contributed by atoms with E-state index in [1.807, 2.05) is 0 Å². The molecule has 0 atom stereocenters. The van der Waals surface area contributed by atoms with Crippen LogP contribution in [0.5, 0.6) is 0 Å². The number of nitrogen functional groups attached to an aromatic ring is 1. The molecule has 2 rings (SSSR count). The Morgan fingerprint density at radius 2 is 1.94 bits per heavy atom. The van der Waals surface area contributed by atoms with Gasteiger partial charge in [0.15, 0.2) is 0 Å². The fourth-order valence-corrected chi connectivity index (χ4v) is 2.12. The Hall–Kier alpha value is -1.14. The molecule has 6 nitrogen and oxygen atoms in total. The Bertz CT molecular complexity index is 346. The van der Waals surface area contributed by atoms with E-state index in [1.54, 1.807) is 0 Å². The van der Waals surface area contributed by atoms with Crippen LogP contribution in [0.1, 0.15) is 19.3 Å². The third-order valence-corrected chi connectivity index (χ3v) is 2.95. The van der Waals surface area contributed by atoms with Crippen LogP contribution in [0, 0.1) is 0 Å². The fourth-order valence-electron chi connectivity index (χ4n) is 1.95. The van der Waals surface area contributed by atoms with E-state index in [9.17, 15) is 0 Å². The van der Waals surface area contributed by atoms with E-state index in [0.29, 0.717) is 5.95 Å². The number of anilines is 2. The van der Waals surface area contributed by atoms with Crippen molar-refractivity contribution in [3.8, 4) is 0 Å². The van der Waals surface area contributed by atoms with Crippen molar-refractivity contribution < 1.29 is 0 Å². The number of nitrogens with two attached hydrogens (primary N) is 1. The largest absolute Gasteiger partial charge is 0.368 e. The number of nitrogens with one attached hydrogen (secondary N) is 1. The summed E-state index contributed by atoms with van der Waals surface area (Å²) in [6, 6.07) is 0. The van der Waals surface area contributed by atoms with Crippen LogP contribution in [-0.2, 0) is 0 Å². The van der Waals surface area contributed by atoms with Crippen LogP contribution in [0.15, 0.2) is 0 Å². The van der Waals surface area contributed by atoms with Gasteiger partial charge < -0.3 is 16.0 Å². The van der Waals surface area contributed by atoms with Crippen molar-refractivity contribution >= 4 is 23.5 Å². The van der Waals surface area contributed by atoms with Crippen LogP contribution >= 0.6 is 11.6 Å². The summed E-state index contributed by atoms with van der Waals surface area (Å²) in [5.74, 6) is 0.588. The topological polar surface area (TPSA) is 80.0 Å². The molecular weight excluding hydrogens is 240 g/mol. The van der Waals surface area contributed by atoms with Gasteiger partial charge in [0.05, 0.1) is 0 Å². The maximum Gasteiger partial charge on any atom is 0.228 e. The zero-order valence-corrected chi connectivity index (χ0v) is 10.4. The number of hydrogen-bond donors (Lipinski definition) is 2. The Labute approximate surface area is 106 Å². The number of piperidine rings is 1. The summed E-state index contributed by atoms with van der Waals surface area (Å²) in [6.45, 7) is 4.15. The molecule has 0 spiro atoms. The van der Waals surface area contributed by atoms with E-state index >= 15 is 0 Å². The number of hydrogen-bond acceptors (Lipinski definition) is 6. The molecule has 0 radical (unpaired) electrons. The van der Waals surface area contributed by atoms with Gasteiger partial charge in [0, 0.05) is 13.1 Å². The van der Waals surface area contributed by atoms with E-state index in [0.717, 1.165) is 13.1 Å². The molecule has 1 aromatic heterocycles. The van der Waals surface area contributed by atoms with Crippen molar-refractivity contribution in [1.29, 1.82) is 0 Å². The lowest BCUT2D eigenvalue weighted by Crippen LogP contribution is -2.33. The van der Waals surface area contributed by atoms with Crippen LogP contribution in [0.2, 0.25) is 5.28 Å². The SMILES string of the molecule is Nc1nc(Cl)nc(NCCN2CCCCC2)n1. The predicted octanol–water partition coefficient (Wildman–Crippen LogP) is 1.00. The highest BCUT2D eigenvalue weighted by atomic mass is 35.5. The Morgan fingerprint density at radius 1 is 1.18 bits per heavy atom. The molecule has 1 fully saturated rings. The smallest absolute Gasteiger partial charge is 0.228 e. The summed E-state index contributed by atoms with van der Waals surface area (Å²) in [4.78, 5) is 14.0. The molecule has 0 unspecified atom stereocenters. The molecule has 94 valence electrons. The summed E-state index contributed by atoms with van der Waals surface area (Å²) in [6.07, 6.45) is 3.94. The summed E-state index contributed by atoms with van der Waals surface area (Å²) >= 11 is 5.69. The molecule has 3 N–H and O–H groups in total. The maximum atomic E-state index is 5.69.